The third-order valence-corrected chi connectivity index (χ3v) is 5.18. The number of hydrogen-bond donors (Lipinski definition) is 0. The van der Waals surface area contributed by atoms with Gasteiger partial charge in [0.2, 0.25) is 0 Å². The highest BCUT2D eigenvalue weighted by Crippen LogP contribution is 2.27. The molecule has 0 fully saturated rings. The highest BCUT2D eigenvalue weighted by molar-refractivity contribution is 7.89. The van der Waals surface area contributed by atoms with E-state index in [1.165, 1.54) is 6.26 Å². The zero-order valence-corrected chi connectivity index (χ0v) is 15.9. The van der Waals surface area contributed by atoms with Crippen molar-refractivity contribution in [2.45, 2.75) is 39.5 Å². The molecule has 25 heavy (non-hydrogen) atoms. The zero-order valence-electron chi connectivity index (χ0n) is 15.1. The van der Waals surface area contributed by atoms with Crippen molar-refractivity contribution < 1.29 is 8.42 Å². The molecule has 0 spiro atoms. The molecule has 3 rings (SSSR count). The van der Waals surface area contributed by atoms with Crippen molar-refractivity contribution in [3.63, 3.8) is 0 Å². The summed E-state index contributed by atoms with van der Waals surface area (Å²) in [7, 11) is -3.05. The van der Waals surface area contributed by atoms with Gasteiger partial charge < -0.3 is 0 Å². The van der Waals surface area contributed by atoms with E-state index in [0.29, 0.717) is 0 Å². The summed E-state index contributed by atoms with van der Waals surface area (Å²) in [6.07, 6.45) is 4.16. The Morgan fingerprint density at radius 3 is 2.60 bits per heavy atom. The minimum atomic E-state index is -3.05. The third kappa shape index (κ3) is 3.74. The summed E-state index contributed by atoms with van der Waals surface area (Å²) in [5, 5.41) is 5.45. The monoisotopic (exact) mass is 357 g/mol. The van der Waals surface area contributed by atoms with Crippen molar-refractivity contribution in [1.29, 1.82) is 0 Å². The first-order valence-electron chi connectivity index (χ1n) is 8.39. The van der Waals surface area contributed by atoms with Gasteiger partial charge in [0.15, 0.2) is 9.84 Å². The van der Waals surface area contributed by atoms with Gasteiger partial charge in [-0.1, -0.05) is 13.0 Å². The van der Waals surface area contributed by atoms with Crippen LogP contribution in [0.4, 0.5) is 0 Å². The van der Waals surface area contributed by atoms with Crippen molar-refractivity contribution in [1.82, 2.24) is 14.8 Å². The molecule has 0 aliphatic heterocycles. The van der Waals surface area contributed by atoms with Crippen LogP contribution < -0.4 is 0 Å². The van der Waals surface area contributed by atoms with E-state index in [1.54, 1.807) is 0 Å². The Morgan fingerprint density at radius 1 is 1.16 bits per heavy atom. The van der Waals surface area contributed by atoms with Crippen molar-refractivity contribution >= 4 is 20.7 Å². The van der Waals surface area contributed by atoms with Gasteiger partial charge in [0.05, 0.1) is 23.2 Å². The van der Waals surface area contributed by atoms with Gasteiger partial charge in [0, 0.05) is 29.4 Å². The van der Waals surface area contributed by atoms with Crippen molar-refractivity contribution in [3.05, 3.63) is 47.3 Å². The average molecular weight is 357 g/mol. The molecular formula is C19H23N3O2S. The fourth-order valence-corrected chi connectivity index (χ4v) is 3.89. The molecule has 0 bridgehead atoms. The Balaban J connectivity index is 2.07. The van der Waals surface area contributed by atoms with Crippen LogP contribution >= 0.6 is 0 Å². The molecule has 0 saturated heterocycles. The average Bonchev–Trinajstić information content (AvgIpc) is 2.88. The number of pyridine rings is 1. The van der Waals surface area contributed by atoms with E-state index in [9.17, 15) is 8.42 Å². The molecule has 5 nitrogen and oxygen atoms in total. The van der Waals surface area contributed by atoms with Crippen molar-refractivity contribution in [2.24, 2.45) is 0 Å². The zero-order chi connectivity index (χ0) is 18.2. The second-order valence-electron chi connectivity index (χ2n) is 6.61. The van der Waals surface area contributed by atoms with Crippen LogP contribution in [-0.4, -0.2) is 29.4 Å². The SMILES string of the molecule is CCCn1ncc(-c2cc(C)c3cc(CS(C)(=O)=O)ccc3n2)c1C. The van der Waals surface area contributed by atoms with Crippen LogP contribution in [0, 0.1) is 13.8 Å². The molecule has 0 aliphatic carbocycles. The second-order valence-corrected chi connectivity index (χ2v) is 8.75. The molecular weight excluding hydrogens is 334 g/mol. The summed E-state index contributed by atoms with van der Waals surface area (Å²) in [5.41, 5.74) is 5.80. The van der Waals surface area contributed by atoms with Gasteiger partial charge >= 0.3 is 0 Å². The van der Waals surface area contributed by atoms with Gasteiger partial charge in [-0.15, -0.1) is 0 Å². The predicted molar refractivity (Wildman–Crippen MR) is 101 cm³/mol. The molecule has 0 atom stereocenters. The number of sulfone groups is 1. The first-order valence-corrected chi connectivity index (χ1v) is 10.5. The van der Waals surface area contributed by atoms with Gasteiger partial charge in [-0.2, -0.15) is 5.10 Å². The van der Waals surface area contributed by atoms with Gasteiger partial charge in [-0.05, 0) is 49.6 Å². The molecule has 2 aromatic heterocycles. The van der Waals surface area contributed by atoms with E-state index in [1.807, 2.05) is 42.1 Å². The number of aromatic nitrogens is 3. The maximum atomic E-state index is 11.5. The maximum Gasteiger partial charge on any atom is 0.151 e. The van der Waals surface area contributed by atoms with Gasteiger partial charge in [-0.3, -0.25) is 4.68 Å². The highest BCUT2D eigenvalue weighted by atomic mass is 32.2. The largest absolute Gasteiger partial charge is 0.269 e. The lowest BCUT2D eigenvalue weighted by Crippen LogP contribution is -2.01. The van der Waals surface area contributed by atoms with Crippen LogP contribution in [0.3, 0.4) is 0 Å². The molecule has 3 aromatic rings. The summed E-state index contributed by atoms with van der Waals surface area (Å²) in [4.78, 5) is 4.78. The van der Waals surface area contributed by atoms with E-state index in [-0.39, 0.29) is 5.75 Å². The normalized spacial score (nSPS) is 12.0. The molecule has 0 aliphatic rings. The smallest absolute Gasteiger partial charge is 0.151 e. The third-order valence-electron chi connectivity index (χ3n) is 4.32. The van der Waals surface area contributed by atoms with Crippen LogP contribution in [0.1, 0.15) is 30.2 Å². The van der Waals surface area contributed by atoms with Crippen LogP contribution in [0.2, 0.25) is 0 Å². The van der Waals surface area contributed by atoms with Crippen LogP contribution in [0.25, 0.3) is 22.2 Å². The summed E-state index contributed by atoms with van der Waals surface area (Å²) in [5.74, 6) is 0.0486. The summed E-state index contributed by atoms with van der Waals surface area (Å²) in [6, 6.07) is 7.72. The Hall–Kier alpha value is -2.21. The van der Waals surface area contributed by atoms with Gasteiger partial charge in [-0.25, -0.2) is 13.4 Å². The molecule has 1 aromatic carbocycles. The lowest BCUT2D eigenvalue weighted by molar-refractivity contribution is 0.587. The topological polar surface area (TPSA) is 64.8 Å². The van der Waals surface area contributed by atoms with Crippen LogP contribution in [-0.2, 0) is 22.1 Å². The number of aryl methyl sites for hydroxylation is 2. The molecule has 0 unspecified atom stereocenters. The summed E-state index contributed by atoms with van der Waals surface area (Å²) in [6.45, 7) is 7.12. The fraction of sp³-hybridized carbons (Fsp3) is 0.368. The first kappa shape index (κ1) is 17.6. The van der Waals surface area contributed by atoms with E-state index in [0.717, 1.165) is 51.9 Å². The van der Waals surface area contributed by atoms with Gasteiger partial charge in [0.25, 0.3) is 0 Å². The van der Waals surface area contributed by atoms with Crippen molar-refractivity contribution in [3.8, 4) is 11.3 Å². The van der Waals surface area contributed by atoms with E-state index >= 15 is 0 Å². The number of nitrogens with zero attached hydrogens (tertiary/aromatic N) is 3. The van der Waals surface area contributed by atoms with E-state index < -0.39 is 9.84 Å². The van der Waals surface area contributed by atoms with Crippen LogP contribution in [0.15, 0.2) is 30.5 Å². The van der Waals surface area contributed by atoms with Gasteiger partial charge in [0.1, 0.15) is 0 Å². The molecule has 0 saturated carbocycles. The lowest BCUT2D eigenvalue weighted by atomic mass is 10.0. The molecule has 6 heteroatoms. The van der Waals surface area contributed by atoms with E-state index in [4.69, 9.17) is 4.98 Å². The number of rotatable bonds is 5. The lowest BCUT2D eigenvalue weighted by Gasteiger charge is -2.09. The first-order chi connectivity index (χ1) is 11.8. The Bertz CT molecular complexity index is 1040. The Morgan fingerprint density at radius 2 is 1.92 bits per heavy atom. The Labute approximate surface area is 148 Å². The number of benzene rings is 1. The highest BCUT2D eigenvalue weighted by Gasteiger charge is 2.13. The van der Waals surface area contributed by atoms with Crippen LogP contribution in [0.5, 0.6) is 0 Å². The standard InChI is InChI=1S/C19H23N3O2S/c1-5-8-22-14(3)17(11-20-22)19-9-13(2)16-10-15(12-25(4,23)24)6-7-18(16)21-19/h6-7,9-11H,5,8,12H2,1-4H3. The minimum absolute atomic E-state index is 0.0486. The molecule has 2 heterocycles. The van der Waals surface area contributed by atoms with E-state index in [2.05, 4.69) is 18.9 Å². The summed E-state index contributed by atoms with van der Waals surface area (Å²) < 4.78 is 25.1. The molecule has 0 N–H and O–H groups in total. The minimum Gasteiger partial charge on any atom is -0.269 e. The molecule has 0 amide bonds. The maximum absolute atomic E-state index is 11.5. The summed E-state index contributed by atoms with van der Waals surface area (Å²) >= 11 is 0. The number of fused-ring (bicyclic) bond motifs is 1. The predicted octanol–water partition coefficient (Wildman–Crippen LogP) is 3.67. The quantitative estimate of drug-likeness (QED) is 0.699. The Kier molecular flexibility index (Phi) is 4.64. The molecule has 0 radical (unpaired) electrons. The van der Waals surface area contributed by atoms with Crippen molar-refractivity contribution in [2.75, 3.05) is 6.26 Å². The second kappa shape index (κ2) is 6.59. The molecule has 132 valence electrons. The number of hydrogen-bond acceptors (Lipinski definition) is 4. The fourth-order valence-electron chi connectivity index (χ4n) is 3.11.